The number of pyridine rings is 1. The van der Waals surface area contributed by atoms with E-state index in [-0.39, 0.29) is 11.9 Å². The van der Waals surface area contributed by atoms with Gasteiger partial charge in [0.05, 0.1) is 12.5 Å². The zero-order valence-corrected chi connectivity index (χ0v) is 21.5. The molecule has 1 amide bonds. The monoisotopic (exact) mass is 500 g/mol. The molecule has 3 fully saturated rings. The number of ether oxygens (including phenoxy) is 3. The number of hydrogen-bond acceptors (Lipinski definition) is 8. The molecular weight excluding hydrogens is 460 g/mol. The quantitative estimate of drug-likeness (QED) is 0.568. The summed E-state index contributed by atoms with van der Waals surface area (Å²) in [6.07, 6.45) is 6.13. The summed E-state index contributed by atoms with van der Waals surface area (Å²) in [5.74, 6) is 1.66. The molecule has 1 aromatic heterocycles. The lowest BCUT2D eigenvalue weighted by atomic mass is 9.76. The summed E-state index contributed by atoms with van der Waals surface area (Å²) >= 11 is 0. The smallest absolute Gasteiger partial charge is 0.310 e. The number of anilines is 1. The summed E-state index contributed by atoms with van der Waals surface area (Å²) in [6, 6.07) is 2.05. The molecule has 3 aliphatic heterocycles. The minimum Gasteiger partial charge on any atom is -0.493 e. The van der Waals surface area contributed by atoms with Crippen LogP contribution in [0.3, 0.4) is 0 Å². The van der Waals surface area contributed by atoms with Crippen molar-refractivity contribution in [2.75, 3.05) is 57.4 Å². The predicted octanol–water partition coefficient (Wildman–Crippen LogP) is 2.22. The Balaban J connectivity index is 1.08. The molecule has 0 spiro atoms. The minimum absolute atomic E-state index is 0.185. The van der Waals surface area contributed by atoms with Gasteiger partial charge in [-0.15, -0.1) is 0 Å². The highest BCUT2D eigenvalue weighted by molar-refractivity contribution is 5.87. The van der Waals surface area contributed by atoms with Crippen molar-refractivity contribution in [2.24, 2.45) is 17.6 Å². The standard InChI is InChI=1S/C27H40N4O5/c1-19-18-23-22(7-17-35-23)24(29-19)31-13-11-30(12-14-31)10-4-20-2-8-27(9-3-20,26(28)33)36-25(32)21-5-15-34-16-6-21/h18,20-21H,2-17H2,1H3,(H2,28,33). The Kier molecular flexibility index (Phi) is 7.67. The SMILES string of the molecule is Cc1cc2c(c(N3CCN(CCC4CCC(OC(=O)C5CCOCC5)(C(N)=O)CC4)CC3)n1)CCO2. The summed E-state index contributed by atoms with van der Waals surface area (Å²) in [5, 5.41) is 0. The van der Waals surface area contributed by atoms with Crippen molar-refractivity contribution in [3.63, 3.8) is 0 Å². The van der Waals surface area contributed by atoms with Crippen molar-refractivity contribution >= 4 is 17.7 Å². The molecule has 5 rings (SSSR count). The summed E-state index contributed by atoms with van der Waals surface area (Å²) in [6.45, 7) is 8.95. The molecule has 0 radical (unpaired) electrons. The van der Waals surface area contributed by atoms with Crippen LogP contribution in [-0.2, 0) is 25.5 Å². The second kappa shape index (κ2) is 10.9. The molecule has 1 saturated carbocycles. The van der Waals surface area contributed by atoms with Gasteiger partial charge in [-0.05, 0) is 64.3 Å². The van der Waals surface area contributed by atoms with Crippen LogP contribution in [0, 0.1) is 18.8 Å². The van der Waals surface area contributed by atoms with Gasteiger partial charge < -0.3 is 24.8 Å². The van der Waals surface area contributed by atoms with Crippen LogP contribution in [0.4, 0.5) is 5.82 Å². The first-order valence-corrected chi connectivity index (χ1v) is 13.6. The van der Waals surface area contributed by atoms with Gasteiger partial charge in [0.2, 0.25) is 0 Å². The van der Waals surface area contributed by atoms with Crippen LogP contribution in [0.25, 0.3) is 0 Å². The summed E-state index contributed by atoms with van der Waals surface area (Å²) in [5.41, 5.74) is 6.88. The zero-order chi connectivity index (χ0) is 25.1. The molecule has 0 unspecified atom stereocenters. The number of aryl methyl sites for hydroxylation is 1. The van der Waals surface area contributed by atoms with Crippen LogP contribution in [-0.4, -0.2) is 79.9 Å². The average molecular weight is 501 g/mol. The molecule has 9 nitrogen and oxygen atoms in total. The van der Waals surface area contributed by atoms with Crippen LogP contribution in [0.2, 0.25) is 0 Å². The second-order valence-electron chi connectivity index (χ2n) is 10.9. The molecule has 4 aliphatic rings. The Hall–Kier alpha value is -2.39. The van der Waals surface area contributed by atoms with Gasteiger partial charge in [0.15, 0.2) is 5.60 Å². The minimum atomic E-state index is -1.14. The fraction of sp³-hybridized carbons (Fsp3) is 0.741. The molecule has 36 heavy (non-hydrogen) atoms. The predicted molar refractivity (Wildman–Crippen MR) is 135 cm³/mol. The number of carbonyl (C=O) groups is 2. The van der Waals surface area contributed by atoms with Crippen LogP contribution < -0.4 is 15.4 Å². The van der Waals surface area contributed by atoms with Gasteiger partial charge >= 0.3 is 5.97 Å². The number of carbonyl (C=O) groups excluding carboxylic acids is 2. The number of fused-ring (bicyclic) bond motifs is 1. The Morgan fingerprint density at radius 2 is 1.83 bits per heavy atom. The topological polar surface area (TPSA) is 107 Å². The number of primary amides is 1. The molecule has 0 atom stereocenters. The van der Waals surface area contributed by atoms with Crippen molar-refractivity contribution in [3.05, 3.63) is 17.3 Å². The lowest BCUT2D eigenvalue weighted by Crippen LogP contribution is -2.51. The third-order valence-corrected chi connectivity index (χ3v) is 8.54. The largest absolute Gasteiger partial charge is 0.493 e. The number of rotatable bonds is 7. The number of amides is 1. The Morgan fingerprint density at radius 3 is 2.53 bits per heavy atom. The normalized spacial score (nSPS) is 27.4. The molecule has 1 aliphatic carbocycles. The van der Waals surface area contributed by atoms with E-state index < -0.39 is 11.5 Å². The summed E-state index contributed by atoms with van der Waals surface area (Å²) in [7, 11) is 0. The number of hydrogen-bond donors (Lipinski definition) is 1. The second-order valence-corrected chi connectivity index (χ2v) is 10.9. The Bertz CT molecular complexity index is 948. The zero-order valence-electron chi connectivity index (χ0n) is 21.5. The lowest BCUT2D eigenvalue weighted by Gasteiger charge is -2.39. The number of nitrogens with zero attached hydrogens (tertiary/aromatic N) is 3. The van der Waals surface area contributed by atoms with Gasteiger partial charge in [-0.3, -0.25) is 14.5 Å². The van der Waals surface area contributed by atoms with Crippen molar-refractivity contribution < 1.29 is 23.8 Å². The van der Waals surface area contributed by atoms with E-state index in [0.29, 0.717) is 44.8 Å². The summed E-state index contributed by atoms with van der Waals surface area (Å²) < 4.78 is 16.9. The Labute approximate surface area is 213 Å². The molecule has 9 heteroatoms. The van der Waals surface area contributed by atoms with Gasteiger partial charge in [-0.1, -0.05) is 0 Å². The highest BCUT2D eigenvalue weighted by atomic mass is 16.6. The maximum absolute atomic E-state index is 12.7. The highest BCUT2D eigenvalue weighted by Crippen LogP contribution is 2.38. The lowest BCUT2D eigenvalue weighted by molar-refractivity contribution is -0.178. The van der Waals surface area contributed by atoms with Gasteiger partial charge in [-0.25, -0.2) is 4.98 Å². The fourth-order valence-corrected chi connectivity index (χ4v) is 6.13. The first-order chi connectivity index (χ1) is 17.4. The highest BCUT2D eigenvalue weighted by Gasteiger charge is 2.45. The van der Waals surface area contributed by atoms with Crippen molar-refractivity contribution in [1.82, 2.24) is 9.88 Å². The summed E-state index contributed by atoms with van der Waals surface area (Å²) in [4.78, 5) is 34.8. The van der Waals surface area contributed by atoms with Crippen molar-refractivity contribution in [1.29, 1.82) is 0 Å². The maximum atomic E-state index is 12.7. The van der Waals surface area contributed by atoms with Crippen molar-refractivity contribution in [2.45, 2.75) is 63.9 Å². The van der Waals surface area contributed by atoms with Gasteiger partial charge in [0.25, 0.3) is 5.91 Å². The van der Waals surface area contributed by atoms with E-state index in [1.807, 2.05) is 13.0 Å². The van der Waals surface area contributed by atoms with Crippen LogP contribution in [0.1, 0.15) is 56.2 Å². The van der Waals surface area contributed by atoms with Crippen LogP contribution in [0.15, 0.2) is 6.07 Å². The van der Waals surface area contributed by atoms with E-state index in [1.165, 1.54) is 5.56 Å². The molecule has 0 aromatic carbocycles. The van der Waals surface area contributed by atoms with Gasteiger partial charge in [-0.2, -0.15) is 0 Å². The van der Waals surface area contributed by atoms with E-state index in [4.69, 9.17) is 24.9 Å². The van der Waals surface area contributed by atoms with Crippen LogP contribution in [0.5, 0.6) is 5.75 Å². The molecule has 4 heterocycles. The maximum Gasteiger partial charge on any atom is 0.310 e. The van der Waals surface area contributed by atoms with E-state index in [0.717, 1.165) is 82.3 Å². The van der Waals surface area contributed by atoms with E-state index in [2.05, 4.69) is 9.80 Å². The number of esters is 1. The molecule has 2 saturated heterocycles. The fourth-order valence-electron chi connectivity index (χ4n) is 6.13. The van der Waals surface area contributed by atoms with E-state index >= 15 is 0 Å². The van der Waals surface area contributed by atoms with Crippen molar-refractivity contribution in [3.8, 4) is 5.75 Å². The third-order valence-electron chi connectivity index (χ3n) is 8.54. The molecule has 2 N–H and O–H groups in total. The third kappa shape index (κ3) is 5.47. The van der Waals surface area contributed by atoms with Crippen LogP contribution >= 0.6 is 0 Å². The average Bonchev–Trinajstić information content (AvgIpc) is 3.37. The molecular formula is C27H40N4O5. The molecule has 1 aromatic rings. The van der Waals surface area contributed by atoms with E-state index in [9.17, 15) is 9.59 Å². The molecule has 0 bridgehead atoms. The molecule has 198 valence electrons. The van der Waals surface area contributed by atoms with Gasteiger partial charge in [0.1, 0.15) is 11.6 Å². The first-order valence-electron chi connectivity index (χ1n) is 13.6. The van der Waals surface area contributed by atoms with E-state index in [1.54, 1.807) is 0 Å². The first kappa shape index (κ1) is 25.3. The van der Waals surface area contributed by atoms with Gasteiger partial charge in [0, 0.05) is 63.1 Å². The number of aromatic nitrogens is 1. The Morgan fingerprint density at radius 1 is 1.11 bits per heavy atom. The number of piperazine rings is 1. The number of nitrogens with two attached hydrogens (primary N) is 1.